The predicted octanol–water partition coefficient (Wildman–Crippen LogP) is 2.56. The molecule has 0 radical (unpaired) electrons. The van der Waals surface area contributed by atoms with Gasteiger partial charge in [-0.15, -0.1) is 13.2 Å². The van der Waals surface area contributed by atoms with Crippen molar-refractivity contribution < 1.29 is 40.6 Å². The lowest BCUT2D eigenvalue weighted by molar-refractivity contribution is -0.275. The molecule has 5 nitrogen and oxygen atoms in total. The Labute approximate surface area is 126 Å². The second-order valence-electron chi connectivity index (χ2n) is 4.17. The third-order valence-electron chi connectivity index (χ3n) is 2.46. The third kappa shape index (κ3) is 5.58. The Kier molecular flexibility index (Phi) is 5.81. The molecule has 130 valence electrons. The van der Waals surface area contributed by atoms with Crippen LogP contribution in [0, 0.1) is 0 Å². The summed E-state index contributed by atoms with van der Waals surface area (Å²) in [6.45, 7) is 0.602. The minimum absolute atomic E-state index is 0.0880. The first-order chi connectivity index (χ1) is 10.5. The van der Waals surface area contributed by atoms with E-state index in [0.717, 1.165) is 0 Å². The van der Waals surface area contributed by atoms with Crippen LogP contribution in [0.2, 0.25) is 0 Å². The van der Waals surface area contributed by atoms with E-state index in [4.69, 9.17) is 5.73 Å². The van der Waals surface area contributed by atoms with Crippen LogP contribution in [0.15, 0.2) is 6.07 Å². The van der Waals surface area contributed by atoms with Crippen LogP contribution in [0.25, 0.3) is 0 Å². The van der Waals surface area contributed by atoms with Gasteiger partial charge < -0.3 is 15.2 Å². The number of rotatable bonds is 5. The Morgan fingerprint density at radius 3 is 2.30 bits per heavy atom. The highest BCUT2D eigenvalue weighted by Crippen LogP contribution is 2.35. The lowest BCUT2D eigenvalue weighted by Gasteiger charge is -2.18. The number of alkyl halides is 6. The van der Waals surface area contributed by atoms with Crippen molar-refractivity contribution in [2.24, 2.45) is 5.73 Å². The van der Waals surface area contributed by atoms with E-state index in [9.17, 15) is 31.1 Å². The molecule has 0 amide bonds. The zero-order valence-corrected chi connectivity index (χ0v) is 11.7. The molecule has 0 bridgehead atoms. The molecule has 1 rings (SSSR count). The van der Waals surface area contributed by atoms with Crippen molar-refractivity contribution in [1.29, 1.82) is 0 Å². The Morgan fingerprint density at radius 1 is 1.26 bits per heavy atom. The Balaban J connectivity index is 3.41. The smallest absolute Gasteiger partial charge is 0.466 e. The van der Waals surface area contributed by atoms with Gasteiger partial charge in [0, 0.05) is 12.1 Å². The van der Waals surface area contributed by atoms with Gasteiger partial charge in [-0.25, -0.2) is 4.98 Å². The summed E-state index contributed by atoms with van der Waals surface area (Å²) in [5.74, 6) is -2.04. The topological polar surface area (TPSA) is 74.4 Å². The van der Waals surface area contributed by atoms with E-state index in [2.05, 4.69) is 14.5 Å². The van der Waals surface area contributed by atoms with Crippen molar-refractivity contribution in [2.75, 3.05) is 6.61 Å². The van der Waals surface area contributed by atoms with Crippen LogP contribution < -0.4 is 10.5 Å². The van der Waals surface area contributed by atoms with E-state index in [1.807, 2.05) is 0 Å². The minimum Gasteiger partial charge on any atom is -0.466 e. The standard InChI is InChI=1S/C12H12F6N2O3/c1-2-22-9(21)4-6-3-8(11(13,14)15)20-7(5-19)10(6)23-12(16,17)18/h3H,2,4-5,19H2,1H3. The number of nitrogens with two attached hydrogens (primary N) is 1. The highest BCUT2D eigenvalue weighted by molar-refractivity contribution is 5.73. The fourth-order valence-electron chi connectivity index (χ4n) is 1.67. The molecule has 0 spiro atoms. The molecular formula is C12H12F6N2O3. The summed E-state index contributed by atoms with van der Waals surface area (Å²) in [5.41, 5.74) is 2.24. The molecule has 0 aliphatic rings. The molecule has 0 saturated heterocycles. The van der Waals surface area contributed by atoms with Gasteiger partial charge >= 0.3 is 18.5 Å². The summed E-state index contributed by atoms with van der Waals surface area (Å²) in [6, 6.07) is 0.303. The van der Waals surface area contributed by atoms with Crippen LogP contribution in [-0.2, 0) is 28.7 Å². The van der Waals surface area contributed by atoms with Crippen molar-refractivity contribution >= 4 is 5.97 Å². The van der Waals surface area contributed by atoms with Gasteiger partial charge in [-0.1, -0.05) is 0 Å². The normalized spacial score (nSPS) is 12.2. The average molecular weight is 346 g/mol. The molecule has 0 fully saturated rings. The van der Waals surface area contributed by atoms with E-state index < -0.39 is 54.2 Å². The summed E-state index contributed by atoms with van der Waals surface area (Å²) >= 11 is 0. The molecule has 1 heterocycles. The van der Waals surface area contributed by atoms with Gasteiger partial charge in [0.25, 0.3) is 0 Å². The van der Waals surface area contributed by atoms with Crippen molar-refractivity contribution in [1.82, 2.24) is 4.98 Å². The molecule has 11 heteroatoms. The number of halogens is 6. The second-order valence-corrected chi connectivity index (χ2v) is 4.17. The molecular weight excluding hydrogens is 334 g/mol. The monoisotopic (exact) mass is 346 g/mol. The van der Waals surface area contributed by atoms with Crippen LogP contribution in [0.1, 0.15) is 23.9 Å². The summed E-state index contributed by atoms with van der Waals surface area (Å²) < 4.78 is 83.8. The van der Waals surface area contributed by atoms with Crippen molar-refractivity contribution in [3.05, 3.63) is 23.0 Å². The summed E-state index contributed by atoms with van der Waals surface area (Å²) in [7, 11) is 0. The maximum Gasteiger partial charge on any atom is 0.573 e. The van der Waals surface area contributed by atoms with Gasteiger partial charge in [0.15, 0.2) is 5.75 Å². The van der Waals surface area contributed by atoms with Gasteiger partial charge in [-0.2, -0.15) is 13.2 Å². The molecule has 0 aliphatic heterocycles. The fourth-order valence-corrected chi connectivity index (χ4v) is 1.67. The summed E-state index contributed by atoms with van der Waals surface area (Å²) in [6.07, 6.45) is -11.0. The highest BCUT2D eigenvalue weighted by Gasteiger charge is 2.38. The molecule has 0 saturated carbocycles. The molecule has 23 heavy (non-hydrogen) atoms. The zero-order valence-electron chi connectivity index (χ0n) is 11.7. The number of aromatic nitrogens is 1. The van der Waals surface area contributed by atoms with Crippen molar-refractivity contribution in [2.45, 2.75) is 32.4 Å². The lowest BCUT2D eigenvalue weighted by Crippen LogP contribution is -2.23. The third-order valence-corrected chi connectivity index (χ3v) is 2.46. The number of nitrogens with zero attached hydrogens (tertiary/aromatic N) is 1. The fraction of sp³-hybridized carbons (Fsp3) is 0.500. The lowest BCUT2D eigenvalue weighted by atomic mass is 10.1. The maximum atomic E-state index is 12.8. The molecule has 0 atom stereocenters. The highest BCUT2D eigenvalue weighted by atomic mass is 19.4. The number of hydrogen-bond acceptors (Lipinski definition) is 5. The van der Waals surface area contributed by atoms with Crippen molar-refractivity contribution in [3.8, 4) is 5.75 Å². The Bertz CT molecular complexity index is 571. The van der Waals surface area contributed by atoms with Crippen LogP contribution in [-0.4, -0.2) is 23.9 Å². The van der Waals surface area contributed by atoms with Gasteiger partial charge in [-0.3, -0.25) is 4.79 Å². The number of esters is 1. The quantitative estimate of drug-likeness (QED) is 0.655. The number of carbonyl (C=O) groups is 1. The first-order valence-corrected chi connectivity index (χ1v) is 6.19. The number of ether oxygens (including phenoxy) is 2. The summed E-state index contributed by atoms with van der Waals surface area (Å²) in [4.78, 5) is 14.4. The van der Waals surface area contributed by atoms with Crippen LogP contribution in [0.5, 0.6) is 5.75 Å². The Hall–Kier alpha value is -2.04. The van der Waals surface area contributed by atoms with E-state index in [-0.39, 0.29) is 6.61 Å². The maximum absolute atomic E-state index is 12.8. The minimum atomic E-state index is -5.19. The van der Waals surface area contributed by atoms with Crippen LogP contribution in [0.4, 0.5) is 26.3 Å². The first kappa shape index (κ1) is 19.0. The predicted molar refractivity (Wildman–Crippen MR) is 64.2 cm³/mol. The van der Waals surface area contributed by atoms with Gasteiger partial charge in [0.2, 0.25) is 0 Å². The first-order valence-electron chi connectivity index (χ1n) is 6.19. The number of pyridine rings is 1. The van der Waals surface area contributed by atoms with E-state index in [1.54, 1.807) is 0 Å². The number of carbonyl (C=O) groups excluding carboxylic acids is 1. The molecule has 1 aromatic heterocycles. The van der Waals surface area contributed by atoms with E-state index in [1.165, 1.54) is 6.92 Å². The molecule has 1 aromatic rings. The summed E-state index contributed by atoms with van der Waals surface area (Å²) in [5, 5.41) is 0. The second kappa shape index (κ2) is 7.02. The SMILES string of the molecule is CCOC(=O)Cc1cc(C(F)(F)F)nc(CN)c1OC(F)(F)F. The number of hydrogen-bond donors (Lipinski definition) is 1. The largest absolute Gasteiger partial charge is 0.573 e. The molecule has 0 aromatic carbocycles. The van der Waals surface area contributed by atoms with Gasteiger partial charge in [0.05, 0.1) is 18.7 Å². The van der Waals surface area contributed by atoms with Gasteiger partial charge in [0.1, 0.15) is 5.69 Å². The van der Waals surface area contributed by atoms with Crippen LogP contribution in [0.3, 0.4) is 0 Å². The van der Waals surface area contributed by atoms with Gasteiger partial charge in [-0.05, 0) is 13.0 Å². The average Bonchev–Trinajstić information content (AvgIpc) is 2.37. The van der Waals surface area contributed by atoms with E-state index in [0.29, 0.717) is 6.07 Å². The molecule has 2 N–H and O–H groups in total. The van der Waals surface area contributed by atoms with E-state index >= 15 is 0 Å². The van der Waals surface area contributed by atoms with Crippen LogP contribution >= 0.6 is 0 Å². The van der Waals surface area contributed by atoms with Crippen molar-refractivity contribution in [3.63, 3.8) is 0 Å². The zero-order chi connectivity index (χ0) is 17.8. The Morgan fingerprint density at radius 2 is 1.87 bits per heavy atom. The molecule has 0 unspecified atom stereocenters. The molecule has 0 aliphatic carbocycles.